The topological polar surface area (TPSA) is 43.8 Å². The van der Waals surface area contributed by atoms with Crippen LogP contribution in [0.5, 0.6) is 0 Å². The summed E-state index contributed by atoms with van der Waals surface area (Å²) in [6, 6.07) is 11.6. The molecule has 1 heterocycles. The third-order valence-electron chi connectivity index (χ3n) is 4.74. The fraction of sp³-hybridized carbons (Fsp3) is 0.421. The summed E-state index contributed by atoms with van der Waals surface area (Å²) in [5.74, 6) is -0.845. The van der Waals surface area contributed by atoms with Crippen LogP contribution in [-0.2, 0) is 6.42 Å². The highest BCUT2D eigenvalue weighted by Crippen LogP contribution is 2.24. The van der Waals surface area contributed by atoms with Crippen LogP contribution in [0, 0.1) is 0 Å². The van der Waals surface area contributed by atoms with Crippen LogP contribution in [-0.4, -0.2) is 60.6 Å². The number of fused-ring (bicyclic) bond motifs is 1. The summed E-state index contributed by atoms with van der Waals surface area (Å²) in [6.45, 7) is 5.62. The number of benzene rings is 2. The van der Waals surface area contributed by atoms with Gasteiger partial charge in [-0.25, -0.2) is 4.79 Å². The van der Waals surface area contributed by atoms with E-state index < -0.39 is 5.97 Å². The zero-order chi connectivity index (χ0) is 16.2. The Labute approximate surface area is 137 Å². The van der Waals surface area contributed by atoms with E-state index in [1.807, 2.05) is 24.3 Å². The molecule has 0 unspecified atom stereocenters. The van der Waals surface area contributed by atoms with Crippen molar-refractivity contribution in [1.29, 1.82) is 0 Å². The fourth-order valence-electron chi connectivity index (χ4n) is 3.37. The molecule has 1 saturated heterocycles. The number of carbonyl (C=O) groups is 1. The van der Waals surface area contributed by atoms with Gasteiger partial charge < -0.3 is 14.9 Å². The third-order valence-corrected chi connectivity index (χ3v) is 4.74. The van der Waals surface area contributed by atoms with Crippen LogP contribution in [0.1, 0.15) is 22.3 Å². The molecule has 4 heteroatoms. The van der Waals surface area contributed by atoms with E-state index >= 15 is 0 Å². The number of carboxylic acid groups (broad SMARTS) is 1. The fourth-order valence-corrected chi connectivity index (χ4v) is 3.37. The molecule has 0 aliphatic carbocycles. The molecule has 0 aromatic heterocycles. The first-order valence-corrected chi connectivity index (χ1v) is 8.30. The lowest BCUT2D eigenvalue weighted by Gasteiger charge is -2.32. The number of aryl methyl sites for hydroxylation is 1. The van der Waals surface area contributed by atoms with Gasteiger partial charge in [0.2, 0.25) is 0 Å². The van der Waals surface area contributed by atoms with Gasteiger partial charge in [0.15, 0.2) is 0 Å². The molecule has 0 atom stereocenters. The summed E-state index contributed by atoms with van der Waals surface area (Å²) in [6.07, 6.45) is 1.99. The third kappa shape index (κ3) is 3.71. The lowest BCUT2D eigenvalue weighted by molar-refractivity contribution is 0.0699. The van der Waals surface area contributed by atoms with E-state index in [-0.39, 0.29) is 0 Å². The Morgan fingerprint density at radius 2 is 1.78 bits per heavy atom. The average Bonchev–Trinajstić information content (AvgIpc) is 2.56. The molecule has 1 fully saturated rings. The summed E-state index contributed by atoms with van der Waals surface area (Å²) in [4.78, 5) is 16.4. The number of hydrogen-bond acceptors (Lipinski definition) is 3. The van der Waals surface area contributed by atoms with Crippen molar-refractivity contribution in [3.05, 3.63) is 47.5 Å². The molecule has 122 valence electrons. The number of piperazine rings is 1. The number of likely N-dealkylation sites (N-methyl/N-ethyl adjacent to an activating group) is 1. The maximum Gasteiger partial charge on any atom is 0.336 e. The molecule has 2 aromatic rings. The molecule has 3 rings (SSSR count). The molecule has 0 spiro atoms. The van der Waals surface area contributed by atoms with Gasteiger partial charge in [-0.3, -0.25) is 0 Å². The van der Waals surface area contributed by atoms with Gasteiger partial charge in [0, 0.05) is 26.2 Å². The van der Waals surface area contributed by atoms with Gasteiger partial charge in [0.05, 0.1) is 5.56 Å². The van der Waals surface area contributed by atoms with Crippen molar-refractivity contribution in [3.8, 4) is 0 Å². The molecule has 1 aliphatic heterocycles. The smallest absolute Gasteiger partial charge is 0.336 e. The van der Waals surface area contributed by atoms with Crippen LogP contribution in [0.3, 0.4) is 0 Å². The summed E-state index contributed by atoms with van der Waals surface area (Å²) < 4.78 is 0. The van der Waals surface area contributed by atoms with E-state index in [1.54, 1.807) is 6.07 Å². The lowest BCUT2D eigenvalue weighted by atomic mass is 9.96. The lowest BCUT2D eigenvalue weighted by Crippen LogP contribution is -2.44. The van der Waals surface area contributed by atoms with Crippen molar-refractivity contribution >= 4 is 16.7 Å². The molecule has 1 N–H and O–H groups in total. The minimum atomic E-state index is -0.845. The normalized spacial score (nSPS) is 16.7. The van der Waals surface area contributed by atoms with Gasteiger partial charge in [-0.05, 0) is 48.8 Å². The predicted octanol–water partition coefficient (Wildman–Crippen LogP) is 2.72. The molecule has 2 aromatic carbocycles. The Morgan fingerprint density at radius 3 is 2.48 bits per heavy atom. The first-order chi connectivity index (χ1) is 11.1. The quantitative estimate of drug-likeness (QED) is 0.922. The highest BCUT2D eigenvalue weighted by atomic mass is 16.4. The first-order valence-electron chi connectivity index (χ1n) is 8.30. The second-order valence-corrected chi connectivity index (χ2v) is 6.37. The summed E-state index contributed by atoms with van der Waals surface area (Å²) >= 11 is 0. The molecule has 0 bridgehead atoms. The van der Waals surface area contributed by atoms with Gasteiger partial charge in [-0.15, -0.1) is 0 Å². The van der Waals surface area contributed by atoms with Crippen molar-refractivity contribution in [2.45, 2.75) is 12.8 Å². The van der Waals surface area contributed by atoms with E-state index in [0.29, 0.717) is 5.56 Å². The molecule has 0 amide bonds. The van der Waals surface area contributed by atoms with Gasteiger partial charge in [0.25, 0.3) is 0 Å². The largest absolute Gasteiger partial charge is 0.478 e. The van der Waals surface area contributed by atoms with Crippen LogP contribution in [0.2, 0.25) is 0 Å². The van der Waals surface area contributed by atoms with Gasteiger partial charge in [-0.2, -0.15) is 0 Å². The van der Waals surface area contributed by atoms with Crippen LogP contribution >= 0.6 is 0 Å². The summed E-state index contributed by atoms with van der Waals surface area (Å²) in [5.41, 5.74) is 1.56. The highest BCUT2D eigenvalue weighted by Gasteiger charge is 2.14. The molecule has 0 radical (unpaired) electrons. The van der Waals surface area contributed by atoms with Crippen LogP contribution in [0.15, 0.2) is 36.4 Å². The summed E-state index contributed by atoms with van der Waals surface area (Å²) in [5, 5.41) is 11.4. The minimum absolute atomic E-state index is 0.415. The van der Waals surface area contributed by atoms with Crippen LogP contribution in [0.4, 0.5) is 0 Å². The zero-order valence-corrected chi connectivity index (χ0v) is 13.7. The van der Waals surface area contributed by atoms with Crippen molar-refractivity contribution in [2.24, 2.45) is 0 Å². The van der Waals surface area contributed by atoms with E-state index in [4.69, 9.17) is 0 Å². The molecule has 1 aliphatic rings. The van der Waals surface area contributed by atoms with E-state index in [0.717, 1.165) is 61.9 Å². The average molecular weight is 312 g/mol. The second kappa shape index (κ2) is 7.11. The number of carboxylic acids is 1. The van der Waals surface area contributed by atoms with Crippen molar-refractivity contribution < 1.29 is 9.90 Å². The van der Waals surface area contributed by atoms with Crippen LogP contribution < -0.4 is 0 Å². The minimum Gasteiger partial charge on any atom is -0.478 e. The second-order valence-electron chi connectivity index (χ2n) is 6.37. The maximum atomic E-state index is 11.5. The van der Waals surface area contributed by atoms with E-state index in [1.165, 1.54) is 0 Å². The number of nitrogens with zero attached hydrogens (tertiary/aromatic N) is 2. The maximum absolute atomic E-state index is 11.5. The van der Waals surface area contributed by atoms with E-state index in [9.17, 15) is 9.90 Å². The Bertz CT molecular complexity index is 686. The molecule has 0 saturated carbocycles. The Kier molecular flexibility index (Phi) is 4.94. The zero-order valence-electron chi connectivity index (χ0n) is 13.7. The van der Waals surface area contributed by atoms with Crippen molar-refractivity contribution in [3.63, 3.8) is 0 Å². The van der Waals surface area contributed by atoms with Crippen molar-refractivity contribution in [1.82, 2.24) is 9.80 Å². The summed E-state index contributed by atoms with van der Waals surface area (Å²) in [7, 11) is 2.17. The number of rotatable bonds is 5. The molecular weight excluding hydrogens is 288 g/mol. The van der Waals surface area contributed by atoms with E-state index in [2.05, 4.69) is 22.9 Å². The van der Waals surface area contributed by atoms with Crippen LogP contribution in [0.25, 0.3) is 10.8 Å². The standard InChI is InChI=1S/C19H24N2O2/c1-20-11-13-21(14-12-20)10-4-8-16-6-2-5-15-7-3-9-17(18(15)16)19(22)23/h2-3,5-7,9H,4,8,10-14H2,1H3,(H,22,23). The Morgan fingerprint density at radius 1 is 1.09 bits per heavy atom. The molecular formula is C19H24N2O2. The van der Waals surface area contributed by atoms with Crippen molar-refractivity contribution in [2.75, 3.05) is 39.8 Å². The Balaban J connectivity index is 1.71. The van der Waals surface area contributed by atoms with Gasteiger partial charge >= 0.3 is 5.97 Å². The number of hydrogen-bond donors (Lipinski definition) is 1. The molecule has 23 heavy (non-hydrogen) atoms. The molecule has 4 nitrogen and oxygen atoms in total. The number of aromatic carboxylic acids is 1. The van der Waals surface area contributed by atoms with Gasteiger partial charge in [-0.1, -0.05) is 30.3 Å². The van der Waals surface area contributed by atoms with Gasteiger partial charge in [0.1, 0.15) is 0 Å². The Hall–Kier alpha value is -1.91. The monoisotopic (exact) mass is 312 g/mol. The highest BCUT2D eigenvalue weighted by molar-refractivity contribution is 6.05. The predicted molar refractivity (Wildman–Crippen MR) is 93.2 cm³/mol. The first kappa shape index (κ1) is 16.0. The SMILES string of the molecule is CN1CCN(CCCc2cccc3cccc(C(=O)O)c23)CC1.